The van der Waals surface area contributed by atoms with Gasteiger partial charge in [0.05, 0.1) is 7.11 Å². The molecular formula is C22H29NO4. The summed E-state index contributed by atoms with van der Waals surface area (Å²) in [6.07, 6.45) is 0.370. The molecule has 0 aliphatic rings. The molecule has 0 saturated heterocycles. The highest BCUT2D eigenvalue weighted by Crippen LogP contribution is 2.20. The Bertz CT molecular complexity index is 690. The molecule has 0 spiro atoms. The Hall–Kier alpha value is -2.37. The first kappa shape index (κ1) is 20.9. The van der Waals surface area contributed by atoms with E-state index in [0.717, 1.165) is 23.3 Å². The Morgan fingerprint density at radius 2 is 1.78 bits per heavy atom. The van der Waals surface area contributed by atoms with Crippen LogP contribution in [0, 0.1) is 0 Å². The molecule has 0 amide bonds. The molecule has 0 aromatic heterocycles. The van der Waals surface area contributed by atoms with Gasteiger partial charge in [-0.05, 0) is 18.1 Å². The van der Waals surface area contributed by atoms with Crippen LogP contribution in [0.4, 0.5) is 0 Å². The molecule has 0 aliphatic heterocycles. The van der Waals surface area contributed by atoms with Gasteiger partial charge in [-0.3, -0.25) is 9.69 Å². The molecule has 0 bridgehead atoms. The maximum Gasteiger partial charge on any atom is 0.305 e. The number of hydrogen-bond acceptors (Lipinski definition) is 5. The number of para-hydroxylation sites is 1. The summed E-state index contributed by atoms with van der Waals surface area (Å²) >= 11 is 0. The minimum absolute atomic E-state index is 0.00997. The first-order chi connectivity index (χ1) is 13.1. The van der Waals surface area contributed by atoms with Crippen molar-refractivity contribution >= 4 is 5.97 Å². The highest BCUT2D eigenvalue weighted by atomic mass is 16.5. The van der Waals surface area contributed by atoms with Gasteiger partial charge in [0.1, 0.15) is 18.5 Å². The summed E-state index contributed by atoms with van der Waals surface area (Å²) in [5.41, 5.74) is 2.20. The van der Waals surface area contributed by atoms with Gasteiger partial charge in [0.15, 0.2) is 0 Å². The fourth-order valence-corrected chi connectivity index (χ4v) is 2.92. The Morgan fingerprint density at radius 1 is 1.07 bits per heavy atom. The van der Waals surface area contributed by atoms with Gasteiger partial charge in [-0.25, -0.2) is 0 Å². The summed E-state index contributed by atoms with van der Waals surface area (Å²) < 4.78 is 10.6. The second-order valence-corrected chi connectivity index (χ2v) is 6.55. The van der Waals surface area contributed by atoms with E-state index < -0.39 is 6.10 Å². The van der Waals surface area contributed by atoms with Crippen molar-refractivity contribution in [3.05, 3.63) is 65.7 Å². The molecule has 0 heterocycles. The molecule has 146 valence electrons. The second-order valence-electron chi connectivity index (χ2n) is 6.55. The lowest BCUT2D eigenvalue weighted by Crippen LogP contribution is -2.35. The smallest absolute Gasteiger partial charge is 0.305 e. The van der Waals surface area contributed by atoms with Crippen LogP contribution < -0.4 is 4.74 Å². The standard InChI is InChI=1S/C22H29NO4/c1-3-9-22(25)27-17-20(24)16-23(14-18-10-5-4-6-11-18)15-19-12-7-8-13-21(19)26-2/h4-8,10-13,20,24H,3,9,14-17H2,1-2H3/t20-/m1/s1. The molecule has 0 radical (unpaired) electrons. The molecule has 27 heavy (non-hydrogen) atoms. The van der Waals surface area contributed by atoms with Crippen molar-refractivity contribution in [3.8, 4) is 5.75 Å². The number of aliphatic hydroxyl groups is 1. The molecule has 5 heteroatoms. The number of methoxy groups -OCH3 is 1. The van der Waals surface area contributed by atoms with E-state index in [0.29, 0.717) is 26.1 Å². The summed E-state index contributed by atoms with van der Waals surface area (Å²) in [5, 5.41) is 10.4. The van der Waals surface area contributed by atoms with Crippen LogP contribution in [0.3, 0.4) is 0 Å². The van der Waals surface area contributed by atoms with Crippen molar-refractivity contribution in [2.45, 2.75) is 39.0 Å². The Morgan fingerprint density at radius 3 is 2.48 bits per heavy atom. The fraction of sp³-hybridized carbons (Fsp3) is 0.409. The zero-order chi connectivity index (χ0) is 19.5. The first-order valence-electron chi connectivity index (χ1n) is 9.34. The lowest BCUT2D eigenvalue weighted by Gasteiger charge is -2.26. The van der Waals surface area contributed by atoms with Crippen LogP contribution in [-0.4, -0.2) is 42.3 Å². The summed E-state index contributed by atoms with van der Waals surface area (Å²) in [6.45, 7) is 3.63. The molecule has 0 unspecified atom stereocenters. The van der Waals surface area contributed by atoms with E-state index in [1.54, 1.807) is 7.11 Å². The number of ether oxygens (including phenoxy) is 2. The van der Waals surface area contributed by atoms with Gasteiger partial charge in [0, 0.05) is 31.6 Å². The zero-order valence-electron chi connectivity index (χ0n) is 16.1. The van der Waals surface area contributed by atoms with E-state index in [1.165, 1.54) is 0 Å². The molecule has 0 fully saturated rings. The Kier molecular flexibility index (Phi) is 8.81. The van der Waals surface area contributed by atoms with E-state index in [2.05, 4.69) is 17.0 Å². The largest absolute Gasteiger partial charge is 0.496 e. The van der Waals surface area contributed by atoms with Gasteiger partial charge in [-0.2, -0.15) is 0 Å². The molecule has 2 rings (SSSR count). The number of carbonyl (C=O) groups excluding carboxylic acids is 1. The van der Waals surface area contributed by atoms with Gasteiger partial charge in [0.25, 0.3) is 0 Å². The summed E-state index contributed by atoms with van der Waals surface area (Å²) in [7, 11) is 1.66. The van der Waals surface area contributed by atoms with Crippen LogP contribution in [0.25, 0.3) is 0 Å². The average Bonchev–Trinajstić information content (AvgIpc) is 2.68. The van der Waals surface area contributed by atoms with Gasteiger partial charge in [-0.1, -0.05) is 55.5 Å². The van der Waals surface area contributed by atoms with Crippen LogP contribution in [0.1, 0.15) is 30.9 Å². The number of esters is 1. The number of carbonyl (C=O) groups is 1. The monoisotopic (exact) mass is 371 g/mol. The maximum absolute atomic E-state index is 11.5. The first-order valence-corrected chi connectivity index (χ1v) is 9.34. The predicted molar refractivity (Wildman–Crippen MR) is 105 cm³/mol. The van der Waals surface area contributed by atoms with E-state index in [1.807, 2.05) is 49.4 Å². The number of rotatable bonds is 11. The molecule has 0 saturated carbocycles. The Labute approximate surface area is 161 Å². The van der Waals surface area contributed by atoms with E-state index in [9.17, 15) is 9.90 Å². The quantitative estimate of drug-likeness (QED) is 0.614. The molecule has 2 aromatic carbocycles. The highest BCUT2D eigenvalue weighted by Gasteiger charge is 2.16. The van der Waals surface area contributed by atoms with Gasteiger partial charge < -0.3 is 14.6 Å². The van der Waals surface area contributed by atoms with Crippen LogP contribution in [-0.2, 0) is 22.6 Å². The lowest BCUT2D eigenvalue weighted by atomic mass is 10.1. The summed E-state index contributed by atoms with van der Waals surface area (Å²) in [6, 6.07) is 18.0. The minimum Gasteiger partial charge on any atom is -0.496 e. The fourth-order valence-electron chi connectivity index (χ4n) is 2.92. The number of benzene rings is 2. The van der Waals surface area contributed by atoms with E-state index in [4.69, 9.17) is 9.47 Å². The van der Waals surface area contributed by atoms with Crippen LogP contribution in [0.15, 0.2) is 54.6 Å². The molecule has 2 aromatic rings. The summed E-state index contributed by atoms with van der Waals surface area (Å²) in [4.78, 5) is 13.7. The van der Waals surface area contributed by atoms with Gasteiger partial charge in [-0.15, -0.1) is 0 Å². The maximum atomic E-state index is 11.5. The highest BCUT2D eigenvalue weighted by molar-refractivity contribution is 5.69. The third-order valence-corrected chi connectivity index (χ3v) is 4.20. The SMILES string of the molecule is CCCC(=O)OC[C@H](O)CN(Cc1ccccc1)Cc1ccccc1OC. The molecule has 5 nitrogen and oxygen atoms in total. The third-order valence-electron chi connectivity index (χ3n) is 4.20. The van der Waals surface area contributed by atoms with E-state index >= 15 is 0 Å². The van der Waals surface area contributed by atoms with Crippen molar-refractivity contribution in [3.63, 3.8) is 0 Å². The topological polar surface area (TPSA) is 59.0 Å². The lowest BCUT2D eigenvalue weighted by molar-refractivity contribution is -0.147. The van der Waals surface area contributed by atoms with Crippen molar-refractivity contribution in [1.82, 2.24) is 4.90 Å². The molecule has 1 N–H and O–H groups in total. The second kappa shape index (κ2) is 11.4. The van der Waals surface area contributed by atoms with E-state index in [-0.39, 0.29) is 12.6 Å². The van der Waals surface area contributed by atoms with Crippen LogP contribution >= 0.6 is 0 Å². The molecule has 0 aliphatic carbocycles. The van der Waals surface area contributed by atoms with Crippen molar-refractivity contribution in [2.75, 3.05) is 20.3 Å². The minimum atomic E-state index is -0.746. The number of hydrogen-bond donors (Lipinski definition) is 1. The summed E-state index contributed by atoms with van der Waals surface area (Å²) in [5.74, 6) is 0.551. The number of aliphatic hydroxyl groups excluding tert-OH is 1. The third kappa shape index (κ3) is 7.41. The molecule has 1 atom stereocenters. The van der Waals surface area contributed by atoms with Crippen molar-refractivity contribution in [1.29, 1.82) is 0 Å². The average molecular weight is 371 g/mol. The predicted octanol–water partition coefficient (Wildman–Crippen LogP) is 3.40. The Balaban J connectivity index is 2.04. The van der Waals surface area contributed by atoms with Crippen LogP contribution in [0.2, 0.25) is 0 Å². The van der Waals surface area contributed by atoms with Crippen molar-refractivity contribution < 1.29 is 19.4 Å². The molecular weight excluding hydrogens is 342 g/mol. The van der Waals surface area contributed by atoms with Gasteiger partial charge in [0.2, 0.25) is 0 Å². The van der Waals surface area contributed by atoms with Crippen molar-refractivity contribution in [2.24, 2.45) is 0 Å². The zero-order valence-corrected chi connectivity index (χ0v) is 16.1. The van der Waals surface area contributed by atoms with Gasteiger partial charge >= 0.3 is 5.97 Å². The van der Waals surface area contributed by atoms with Crippen LogP contribution in [0.5, 0.6) is 5.75 Å². The normalized spacial score (nSPS) is 12.0. The number of nitrogens with zero attached hydrogens (tertiary/aromatic N) is 1.